The molecule has 3 aromatic rings. The molecule has 1 saturated heterocycles. The Bertz CT molecular complexity index is 1280. The van der Waals surface area contributed by atoms with Crippen LogP contribution in [-0.2, 0) is 14.3 Å². The molecule has 0 aliphatic carbocycles. The molecular formula is C24H20N2O6S. The van der Waals surface area contributed by atoms with Crippen LogP contribution in [0.3, 0.4) is 0 Å². The Morgan fingerprint density at radius 3 is 2.48 bits per heavy atom. The molecule has 2 aromatic carbocycles. The van der Waals surface area contributed by atoms with E-state index < -0.39 is 23.7 Å². The fourth-order valence-corrected chi connectivity index (χ4v) is 4.69. The van der Waals surface area contributed by atoms with E-state index >= 15 is 0 Å². The number of aromatic nitrogens is 1. The zero-order valence-corrected chi connectivity index (χ0v) is 18.9. The average Bonchev–Trinajstić information content (AvgIpc) is 3.35. The van der Waals surface area contributed by atoms with E-state index in [0.717, 1.165) is 11.3 Å². The van der Waals surface area contributed by atoms with E-state index in [9.17, 15) is 19.5 Å². The normalized spacial score (nSPS) is 17.3. The first-order valence-electron chi connectivity index (χ1n) is 9.93. The van der Waals surface area contributed by atoms with Gasteiger partial charge in [-0.25, -0.2) is 9.78 Å². The summed E-state index contributed by atoms with van der Waals surface area (Å²) in [4.78, 5) is 44.2. The standard InChI is InChI=1S/C24H20N2O6S/c1-13-21(23(30)32-3)33-24(25-13)26-18(14-8-5-4-6-9-14)17(20(28)22(26)29)19(27)15-10-7-11-16(12-15)31-2/h4-12,18,27H,1-3H3/b19-17+/t18-/m0/s1. The number of ketones is 1. The van der Waals surface area contributed by atoms with E-state index in [4.69, 9.17) is 9.47 Å². The Hall–Kier alpha value is -3.98. The van der Waals surface area contributed by atoms with Crippen LogP contribution < -0.4 is 9.64 Å². The number of esters is 1. The molecule has 1 fully saturated rings. The maximum absolute atomic E-state index is 13.2. The number of aryl methyl sites for hydroxylation is 1. The second-order valence-corrected chi connectivity index (χ2v) is 8.19. The molecule has 1 N–H and O–H groups in total. The lowest BCUT2D eigenvalue weighted by Crippen LogP contribution is -2.29. The van der Waals surface area contributed by atoms with Crippen molar-refractivity contribution in [3.8, 4) is 5.75 Å². The Morgan fingerprint density at radius 1 is 1.09 bits per heavy atom. The number of nitrogens with zero attached hydrogens (tertiary/aromatic N) is 2. The summed E-state index contributed by atoms with van der Waals surface area (Å²) in [6.45, 7) is 1.62. The van der Waals surface area contributed by atoms with Gasteiger partial charge in [-0.3, -0.25) is 14.5 Å². The first-order chi connectivity index (χ1) is 15.9. The molecule has 1 atom stereocenters. The third-order valence-electron chi connectivity index (χ3n) is 5.27. The number of anilines is 1. The lowest BCUT2D eigenvalue weighted by atomic mass is 9.95. The molecule has 0 radical (unpaired) electrons. The van der Waals surface area contributed by atoms with Gasteiger partial charge in [0.1, 0.15) is 16.4 Å². The first-order valence-corrected chi connectivity index (χ1v) is 10.7. The third kappa shape index (κ3) is 3.87. The average molecular weight is 464 g/mol. The van der Waals surface area contributed by atoms with E-state index in [1.807, 2.05) is 0 Å². The van der Waals surface area contributed by atoms with Gasteiger partial charge < -0.3 is 14.6 Å². The SMILES string of the molecule is COC(=O)c1sc(N2C(=O)C(=O)/C(=C(/O)c3cccc(OC)c3)[C@@H]2c2ccccc2)nc1C. The maximum atomic E-state index is 13.2. The number of hydrogen-bond acceptors (Lipinski definition) is 8. The highest BCUT2D eigenvalue weighted by molar-refractivity contribution is 7.17. The molecule has 0 bridgehead atoms. The molecule has 33 heavy (non-hydrogen) atoms. The highest BCUT2D eigenvalue weighted by Crippen LogP contribution is 2.44. The van der Waals surface area contributed by atoms with Crippen molar-refractivity contribution in [3.05, 3.63) is 81.9 Å². The van der Waals surface area contributed by atoms with Gasteiger partial charge in [0.05, 0.1) is 31.5 Å². The molecule has 0 saturated carbocycles. The number of rotatable bonds is 5. The number of benzene rings is 2. The van der Waals surface area contributed by atoms with Crippen LogP contribution in [0.4, 0.5) is 5.13 Å². The van der Waals surface area contributed by atoms with Crippen molar-refractivity contribution in [2.45, 2.75) is 13.0 Å². The van der Waals surface area contributed by atoms with E-state index in [-0.39, 0.29) is 21.3 Å². The van der Waals surface area contributed by atoms with Crippen LogP contribution in [0.5, 0.6) is 5.75 Å². The number of amides is 1. The summed E-state index contributed by atoms with van der Waals surface area (Å²) >= 11 is 0.952. The van der Waals surface area contributed by atoms with Crippen LogP contribution in [0.15, 0.2) is 60.2 Å². The zero-order chi connectivity index (χ0) is 23.7. The summed E-state index contributed by atoms with van der Waals surface area (Å²) in [5, 5.41) is 11.3. The van der Waals surface area contributed by atoms with E-state index in [1.54, 1.807) is 61.5 Å². The maximum Gasteiger partial charge on any atom is 0.350 e. The van der Waals surface area contributed by atoms with Gasteiger partial charge >= 0.3 is 11.9 Å². The molecule has 1 aliphatic rings. The van der Waals surface area contributed by atoms with Gasteiger partial charge in [-0.05, 0) is 24.6 Å². The Labute approximate surface area is 193 Å². The minimum absolute atomic E-state index is 0.0769. The Morgan fingerprint density at radius 2 is 1.82 bits per heavy atom. The highest BCUT2D eigenvalue weighted by Gasteiger charge is 2.48. The molecule has 4 rings (SSSR count). The third-order valence-corrected chi connectivity index (χ3v) is 6.40. The van der Waals surface area contributed by atoms with Gasteiger partial charge in [0.25, 0.3) is 5.78 Å². The molecule has 8 nitrogen and oxygen atoms in total. The monoisotopic (exact) mass is 464 g/mol. The number of methoxy groups -OCH3 is 2. The van der Waals surface area contributed by atoms with E-state index in [1.165, 1.54) is 19.1 Å². The largest absolute Gasteiger partial charge is 0.507 e. The van der Waals surface area contributed by atoms with Gasteiger partial charge in [-0.15, -0.1) is 0 Å². The molecule has 168 valence electrons. The summed E-state index contributed by atoms with van der Waals surface area (Å²) in [7, 11) is 2.75. The fourth-order valence-electron chi connectivity index (χ4n) is 3.67. The predicted octanol–water partition coefficient (Wildman–Crippen LogP) is 3.87. The second-order valence-electron chi connectivity index (χ2n) is 7.21. The smallest absolute Gasteiger partial charge is 0.350 e. The van der Waals surface area contributed by atoms with Crippen molar-refractivity contribution >= 4 is 39.9 Å². The Balaban J connectivity index is 1.92. The minimum Gasteiger partial charge on any atom is -0.507 e. The quantitative estimate of drug-likeness (QED) is 0.264. The van der Waals surface area contributed by atoms with Crippen LogP contribution in [0.1, 0.15) is 32.5 Å². The van der Waals surface area contributed by atoms with Crippen molar-refractivity contribution in [1.82, 2.24) is 4.98 Å². The molecule has 0 spiro atoms. The molecule has 9 heteroatoms. The van der Waals surface area contributed by atoms with Gasteiger partial charge in [0, 0.05) is 5.56 Å². The van der Waals surface area contributed by atoms with Crippen molar-refractivity contribution in [2.24, 2.45) is 0 Å². The number of aliphatic hydroxyl groups is 1. The van der Waals surface area contributed by atoms with Gasteiger partial charge in [0.15, 0.2) is 5.13 Å². The van der Waals surface area contributed by atoms with Crippen LogP contribution in [0.2, 0.25) is 0 Å². The number of Topliss-reactive ketones (excluding diaryl/α,β-unsaturated/α-hetero) is 1. The summed E-state index contributed by atoms with van der Waals surface area (Å²) in [6.07, 6.45) is 0. The molecule has 1 aliphatic heterocycles. The molecular weight excluding hydrogens is 444 g/mol. The number of aliphatic hydroxyl groups excluding tert-OH is 1. The predicted molar refractivity (Wildman–Crippen MR) is 122 cm³/mol. The van der Waals surface area contributed by atoms with Crippen molar-refractivity contribution < 1.29 is 29.0 Å². The van der Waals surface area contributed by atoms with Crippen LogP contribution in [-0.4, -0.2) is 42.0 Å². The van der Waals surface area contributed by atoms with Crippen molar-refractivity contribution in [3.63, 3.8) is 0 Å². The molecule has 0 unspecified atom stereocenters. The van der Waals surface area contributed by atoms with Gasteiger partial charge in [-0.1, -0.05) is 53.8 Å². The summed E-state index contributed by atoms with van der Waals surface area (Å²) in [5.74, 6) is -2.12. The first kappa shape index (κ1) is 22.2. The Kier molecular flexibility index (Phi) is 5.97. The second kappa shape index (κ2) is 8.87. The highest BCUT2D eigenvalue weighted by atomic mass is 32.1. The number of thiazole rings is 1. The number of carbonyl (C=O) groups is 3. The lowest BCUT2D eigenvalue weighted by Gasteiger charge is -2.23. The summed E-state index contributed by atoms with van der Waals surface area (Å²) in [5.41, 5.74) is 1.24. The van der Waals surface area contributed by atoms with Gasteiger partial charge in [-0.2, -0.15) is 0 Å². The van der Waals surface area contributed by atoms with Gasteiger partial charge in [0.2, 0.25) is 0 Å². The van der Waals surface area contributed by atoms with Crippen molar-refractivity contribution in [1.29, 1.82) is 0 Å². The topological polar surface area (TPSA) is 106 Å². The fraction of sp³-hybridized carbons (Fsp3) is 0.167. The molecule has 1 amide bonds. The lowest BCUT2D eigenvalue weighted by molar-refractivity contribution is -0.132. The number of hydrogen-bond donors (Lipinski definition) is 1. The van der Waals surface area contributed by atoms with E-state index in [0.29, 0.717) is 22.6 Å². The van der Waals surface area contributed by atoms with Crippen molar-refractivity contribution in [2.75, 3.05) is 19.1 Å². The zero-order valence-electron chi connectivity index (χ0n) is 18.1. The van der Waals surface area contributed by atoms with Crippen LogP contribution >= 0.6 is 11.3 Å². The number of ether oxygens (including phenoxy) is 2. The van der Waals surface area contributed by atoms with E-state index in [2.05, 4.69) is 4.98 Å². The summed E-state index contributed by atoms with van der Waals surface area (Å²) < 4.78 is 10.0. The minimum atomic E-state index is -0.937. The van der Waals surface area contributed by atoms with Crippen LogP contribution in [0.25, 0.3) is 5.76 Å². The van der Waals surface area contributed by atoms with Crippen LogP contribution in [0, 0.1) is 6.92 Å². The summed E-state index contributed by atoms with van der Waals surface area (Å²) in [6, 6.07) is 14.5. The number of carbonyl (C=O) groups excluding carboxylic acids is 3. The molecule has 1 aromatic heterocycles. The molecule has 2 heterocycles.